The predicted octanol–water partition coefficient (Wildman–Crippen LogP) is 5.89. The molecule has 0 saturated carbocycles. The Labute approximate surface area is 199 Å². The molecule has 0 saturated heterocycles. The van der Waals surface area contributed by atoms with Gasteiger partial charge in [-0.1, -0.05) is 31.5 Å². The zero-order valence-corrected chi connectivity index (χ0v) is 20.5. The van der Waals surface area contributed by atoms with E-state index in [1.54, 1.807) is 46.1 Å². The molecule has 32 heavy (non-hydrogen) atoms. The van der Waals surface area contributed by atoms with E-state index in [1.807, 2.05) is 29.8 Å². The fourth-order valence-electron chi connectivity index (χ4n) is 3.17. The van der Waals surface area contributed by atoms with Crippen molar-refractivity contribution in [2.45, 2.75) is 32.2 Å². The maximum atomic E-state index is 11.0. The van der Waals surface area contributed by atoms with Crippen LogP contribution in [0.15, 0.2) is 53.4 Å². The molecule has 0 aliphatic carbocycles. The zero-order chi connectivity index (χ0) is 22.6. The molecule has 0 amide bonds. The van der Waals surface area contributed by atoms with Crippen LogP contribution in [0, 0.1) is 0 Å². The van der Waals surface area contributed by atoms with Crippen LogP contribution in [-0.4, -0.2) is 22.9 Å². The number of rotatable bonds is 10. The van der Waals surface area contributed by atoms with Crippen molar-refractivity contribution in [2.75, 3.05) is 10.0 Å². The first-order valence-electron chi connectivity index (χ1n) is 9.94. The lowest BCUT2D eigenvalue weighted by Gasteiger charge is -2.17. The first-order chi connectivity index (χ1) is 15.4. The SMILES string of the molecule is CCCc1cnc(N[C@@H](Cc2ccc(NS(=O)(=O)O)cc2)c2csc(-c3cccs3)n2)s1. The Morgan fingerprint density at radius 3 is 2.66 bits per heavy atom. The highest BCUT2D eigenvalue weighted by molar-refractivity contribution is 7.87. The third-order valence-electron chi connectivity index (χ3n) is 4.60. The van der Waals surface area contributed by atoms with Gasteiger partial charge in [-0.15, -0.1) is 34.0 Å². The van der Waals surface area contributed by atoms with Crippen LogP contribution >= 0.6 is 34.0 Å². The molecule has 0 fully saturated rings. The summed E-state index contributed by atoms with van der Waals surface area (Å²) in [5.74, 6) is 0. The second-order valence-corrected chi connectivity index (χ2v) is 11.2. The smallest absolute Gasteiger partial charge is 0.353 e. The summed E-state index contributed by atoms with van der Waals surface area (Å²) in [6, 6.07) is 10.9. The fraction of sp³-hybridized carbons (Fsp3) is 0.238. The highest BCUT2D eigenvalue weighted by Crippen LogP contribution is 2.33. The van der Waals surface area contributed by atoms with E-state index in [1.165, 1.54) is 4.88 Å². The molecule has 4 rings (SSSR count). The lowest BCUT2D eigenvalue weighted by atomic mass is 10.0. The van der Waals surface area contributed by atoms with Crippen LogP contribution in [0.25, 0.3) is 9.88 Å². The van der Waals surface area contributed by atoms with Gasteiger partial charge in [0.15, 0.2) is 5.13 Å². The summed E-state index contributed by atoms with van der Waals surface area (Å²) < 4.78 is 33.1. The highest BCUT2D eigenvalue weighted by atomic mass is 32.2. The van der Waals surface area contributed by atoms with E-state index in [0.29, 0.717) is 12.1 Å². The van der Waals surface area contributed by atoms with Crippen molar-refractivity contribution in [3.8, 4) is 9.88 Å². The maximum Gasteiger partial charge on any atom is 0.357 e. The largest absolute Gasteiger partial charge is 0.357 e. The minimum absolute atomic E-state index is 0.0963. The summed E-state index contributed by atoms with van der Waals surface area (Å²) in [4.78, 5) is 11.8. The average molecular weight is 507 g/mol. The van der Waals surface area contributed by atoms with Crippen molar-refractivity contribution in [1.29, 1.82) is 0 Å². The van der Waals surface area contributed by atoms with Crippen LogP contribution in [0.5, 0.6) is 0 Å². The van der Waals surface area contributed by atoms with Gasteiger partial charge in [0.05, 0.1) is 22.3 Å². The van der Waals surface area contributed by atoms with Gasteiger partial charge in [0.2, 0.25) is 0 Å². The van der Waals surface area contributed by atoms with Gasteiger partial charge in [-0.3, -0.25) is 9.27 Å². The monoisotopic (exact) mass is 506 g/mol. The molecule has 0 aliphatic rings. The van der Waals surface area contributed by atoms with Crippen LogP contribution in [0.3, 0.4) is 0 Å². The van der Waals surface area contributed by atoms with E-state index < -0.39 is 10.3 Å². The number of aryl methyl sites for hydroxylation is 1. The van der Waals surface area contributed by atoms with Crippen molar-refractivity contribution < 1.29 is 13.0 Å². The summed E-state index contributed by atoms with van der Waals surface area (Å²) in [6.45, 7) is 2.15. The lowest BCUT2D eigenvalue weighted by molar-refractivity contribution is 0.489. The number of thiophene rings is 1. The standard InChI is InChI=1S/C21H22N4O3S4/c1-2-4-16-12-22-21(31-16)24-17(18-13-30-20(23-18)19-5-3-10-29-19)11-14-6-8-15(9-7-14)25-32(26,27)28/h3,5-10,12-13,17,25H,2,4,11H2,1H3,(H,22,24)(H,26,27,28)/t17-/m0/s1. The van der Waals surface area contributed by atoms with E-state index in [-0.39, 0.29) is 6.04 Å². The van der Waals surface area contributed by atoms with Gasteiger partial charge in [0, 0.05) is 16.5 Å². The number of benzene rings is 1. The van der Waals surface area contributed by atoms with Gasteiger partial charge in [-0.25, -0.2) is 9.97 Å². The van der Waals surface area contributed by atoms with Gasteiger partial charge < -0.3 is 5.32 Å². The van der Waals surface area contributed by atoms with Crippen molar-refractivity contribution >= 4 is 55.1 Å². The van der Waals surface area contributed by atoms with E-state index in [9.17, 15) is 8.42 Å². The molecule has 1 aromatic carbocycles. The second-order valence-electron chi connectivity index (χ2n) is 7.11. The fourth-order valence-corrected chi connectivity index (χ4v) is 6.26. The first kappa shape index (κ1) is 22.9. The molecule has 0 aliphatic heterocycles. The molecule has 3 heterocycles. The number of anilines is 2. The van der Waals surface area contributed by atoms with Gasteiger partial charge in [-0.2, -0.15) is 8.42 Å². The first-order valence-corrected chi connectivity index (χ1v) is 14.0. The molecule has 0 radical (unpaired) electrons. The molecule has 1 atom stereocenters. The van der Waals surface area contributed by atoms with Crippen LogP contribution in [0.4, 0.5) is 10.8 Å². The number of thiazole rings is 2. The maximum absolute atomic E-state index is 11.0. The van der Waals surface area contributed by atoms with E-state index in [4.69, 9.17) is 9.54 Å². The van der Waals surface area contributed by atoms with Crippen LogP contribution in [0.1, 0.15) is 35.5 Å². The summed E-state index contributed by atoms with van der Waals surface area (Å²) in [6.07, 6.45) is 4.64. The third-order valence-corrected chi connectivity index (χ3v) is 7.98. The molecule has 3 aromatic heterocycles. The minimum atomic E-state index is -4.29. The molecule has 0 unspecified atom stereocenters. The third kappa shape index (κ3) is 6.14. The molecule has 0 bridgehead atoms. The van der Waals surface area contributed by atoms with Gasteiger partial charge in [0.25, 0.3) is 0 Å². The van der Waals surface area contributed by atoms with Crippen LogP contribution in [0.2, 0.25) is 0 Å². The lowest BCUT2D eigenvalue weighted by Crippen LogP contribution is -2.14. The molecular weight excluding hydrogens is 485 g/mol. The van der Waals surface area contributed by atoms with E-state index in [0.717, 1.165) is 39.1 Å². The quantitative estimate of drug-likeness (QED) is 0.232. The zero-order valence-electron chi connectivity index (χ0n) is 17.2. The van der Waals surface area contributed by atoms with Crippen LogP contribution < -0.4 is 10.0 Å². The van der Waals surface area contributed by atoms with Crippen molar-refractivity contribution in [3.05, 3.63) is 69.5 Å². The number of aromatic nitrogens is 2. The van der Waals surface area contributed by atoms with Crippen LogP contribution in [-0.2, 0) is 23.1 Å². The summed E-state index contributed by atoms with van der Waals surface area (Å²) in [7, 11) is -4.29. The molecule has 4 aromatic rings. The molecule has 0 spiro atoms. The normalized spacial score (nSPS) is 12.6. The van der Waals surface area contributed by atoms with E-state index in [2.05, 4.69) is 33.4 Å². The molecule has 11 heteroatoms. The molecular formula is C21H22N4O3S4. The van der Waals surface area contributed by atoms with Crippen molar-refractivity contribution in [3.63, 3.8) is 0 Å². The van der Waals surface area contributed by atoms with Crippen molar-refractivity contribution in [1.82, 2.24) is 9.97 Å². The summed E-state index contributed by atoms with van der Waals surface area (Å²) in [5.41, 5.74) is 2.24. The topological polar surface area (TPSA) is 104 Å². The Bertz CT molecular complexity index is 1250. The van der Waals surface area contributed by atoms with Gasteiger partial charge in [-0.05, 0) is 42.0 Å². The summed E-state index contributed by atoms with van der Waals surface area (Å²) in [5, 5.41) is 9.49. The van der Waals surface area contributed by atoms with Crippen molar-refractivity contribution in [2.24, 2.45) is 0 Å². The molecule has 3 N–H and O–H groups in total. The molecule has 168 valence electrons. The Morgan fingerprint density at radius 1 is 1.16 bits per heavy atom. The Balaban J connectivity index is 1.57. The number of hydrogen-bond acceptors (Lipinski definition) is 8. The predicted molar refractivity (Wildman–Crippen MR) is 133 cm³/mol. The van der Waals surface area contributed by atoms with E-state index >= 15 is 0 Å². The second kappa shape index (κ2) is 10.1. The Morgan fingerprint density at radius 2 is 1.97 bits per heavy atom. The number of nitrogens with one attached hydrogen (secondary N) is 2. The minimum Gasteiger partial charge on any atom is -0.353 e. The Hall–Kier alpha value is -2.31. The number of nitrogens with zero attached hydrogens (tertiary/aromatic N) is 2. The Kier molecular flexibility index (Phi) is 7.21. The van der Waals surface area contributed by atoms with Gasteiger partial charge >= 0.3 is 10.3 Å². The average Bonchev–Trinajstić information content (AvgIpc) is 3.50. The number of hydrogen-bond donors (Lipinski definition) is 3. The molecule has 7 nitrogen and oxygen atoms in total. The van der Waals surface area contributed by atoms with Gasteiger partial charge in [0.1, 0.15) is 5.01 Å². The summed E-state index contributed by atoms with van der Waals surface area (Å²) >= 11 is 4.94. The highest BCUT2D eigenvalue weighted by Gasteiger charge is 2.19.